The fourth-order valence-electron chi connectivity index (χ4n) is 3.26. The van der Waals surface area contributed by atoms with E-state index in [1.807, 2.05) is 6.07 Å². The van der Waals surface area contributed by atoms with Gasteiger partial charge in [-0.25, -0.2) is 4.79 Å². The third-order valence-corrected chi connectivity index (χ3v) is 4.79. The predicted molar refractivity (Wildman–Crippen MR) is 113 cm³/mol. The topological polar surface area (TPSA) is 97.8 Å². The second kappa shape index (κ2) is 8.66. The SMILES string of the molecule is COC(=O)c1cccc(CN2C(=O)COc3ccc(NC(=O)c4ccncc4)cc32)c1. The maximum atomic E-state index is 12.6. The molecule has 1 aliphatic heterocycles. The molecular weight excluding hydrogens is 398 g/mol. The van der Waals surface area contributed by atoms with E-state index in [0.717, 1.165) is 5.56 Å². The highest BCUT2D eigenvalue weighted by atomic mass is 16.5. The first-order chi connectivity index (χ1) is 15.0. The van der Waals surface area contributed by atoms with E-state index >= 15 is 0 Å². The summed E-state index contributed by atoms with van der Waals surface area (Å²) in [6, 6.07) is 15.2. The first kappa shape index (κ1) is 20.1. The standard InChI is InChI=1S/C23H19N3O5/c1-30-23(29)17-4-2-3-15(11-17)13-26-19-12-18(5-6-20(19)31-14-21(26)27)25-22(28)16-7-9-24-10-8-16/h2-12H,13-14H2,1H3,(H,25,28). The van der Waals surface area contributed by atoms with Gasteiger partial charge in [0, 0.05) is 23.6 Å². The van der Waals surface area contributed by atoms with Crippen LogP contribution in [0.4, 0.5) is 11.4 Å². The molecule has 4 rings (SSSR count). The summed E-state index contributed by atoms with van der Waals surface area (Å²) in [7, 11) is 1.32. The summed E-state index contributed by atoms with van der Waals surface area (Å²) >= 11 is 0. The molecule has 1 aromatic heterocycles. The maximum Gasteiger partial charge on any atom is 0.337 e. The molecule has 1 N–H and O–H groups in total. The summed E-state index contributed by atoms with van der Waals surface area (Å²) in [4.78, 5) is 42.3. The van der Waals surface area contributed by atoms with Gasteiger partial charge in [0.15, 0.2) is 6.61 Å². The molecule has 8 heteroatoms. The summed E-state index contributed by atoms with van der Waals surface area (Å²) in [6.45, 7) is 0.147. The number of ether oxygens (including phenoxy) is 2. The molecule has 0 fully saturated rings. The van der Waals surface area contributed by atoms with Crippen LogP contribution in [0.15, 0.2) is 67.0 Å². The molecule has 0 bridgehead atoms. The van der Waals surface area contributed by atoms with Gasteiger partial charge in [-0.2, -0.15) is 0 Å². The quantitative estimate of drug-likeness (QED) is 0.641. The lowest BCUT2D eigenvalue weighted by molar-refractivity contribution is -0.121. The molecule has 3 aromatic rings. The monoisotopic (exact) mass is 417 g/mol. The Morgan fingerprint density at radius 2 is 1.90 bits per heavy atom. The number of hydrogen-bond donors (Lipinski definition) is 1. The second-order valence-electron chi connectivity index (χ2n) is 6.83. The van der Waals surface area contributed by atoms with Crippen LogP contribution in [-0.4, -0.2) is 36.5 Å². The zero-order valence-corrected chi connectivity index (χ0v) is 16.7. The van der Waals surface area contributed by atoms with Gasteiger partial charge in [-0.15, -0.1) is 0 Å². The van der Waals surface area contributed by atoms with E-state index in [1.165, 1.54) is 7.11 Å². The molecule has 0 spiro atoms. The molecule has 31 heavy (non-hydrogen) atoms. The van der Waals surface area contributed by atoms with E-state index in [4.69, 9.17) is 9.47 Å². The Morgan fingerprint density at radius 1 is 1.10 bits per heavy atom. The van der Waals surface area contributed by atoms with Crippen molar-refractivity contribution in [1.82, 2.24) is 4.98 Å². The van der Waals surface area contributed by atoms with Gasteiger partial charge in [-0.05, 0) is 48.0 Å². The summed E-state index contributed by atoms with van der Waals surface area (Å²) in [5, 5.41) is 2.82. The molecule has 2 aromatic carbocycles. The van der Waals surface area contributed by atoms with Gasteiger partial charge in [0.1, 0.15) is 5.75 Å². The molecule has 0 saturated heterocycles. The van der Waals surface area contributed by atoms with E-state index in [0.29, 0.717) is 28.3 Å². The minimum atomic E-state index is -0.448. The minimum Gasteiger partial charge on any atom is -0.482 e. The highest BCUT2D eigenvalue weighted by molar-refractivity contribution is 6.05. The van der Waals surface area contributed by atoms with E-state index in [9.17, 15) is 14.4 Å². The molecule has 0 radical (unpaired) electrons. The Morgan fingerprint density at radius 3 is 2.68 bits per heavy atom. The van der Waals surface area contributed by atoms with E-state index in [-0.39, 0.29) is 25.0 Å². The largest absolute Gasteiger partial charge is 0.482 e. The van der Waals surface area contributed by atoms with Crippen LogP contribution in [0.5, 0.6) is 5.75 Å². The van der Waals surface area contributed by atoms with Crippen LogP contribution in [-0.2, 0) is 16.1 Å². The van der Waals surface area contributed by atoms with Crippen molar-refractivity contribution in [3.8, 4) is 5.75 Å². The van der Waals surface area contributed by atoms with Crippen molar-refractivity contribution in [2.24, 2.45) is 0 Å². The highest BCUT2D eigenvalue weighted by Gasteiger charge is 2.26. The Labute approximate surface area is 178 Å². The molecule has 0 aliphatic carbocycles. The Hall–Kier alpha value is -4.20. The van der Waals surface area contributed by atoms with Crippen molar-refractivity contribution in [2.45, 2.75) is 6.54 Å². The summed E-state index contributed by atoms with van der Waals surface area (Å²) in [6.07, 6.45) is 3.08. The van der Waals surface area contributed by atoms with Crippen molar-refractivity contribution in [3.05, 3.63) is 83.7 Å². The number of nitrogens with zero attached hydrogens (tertiary/aromatic N) is 2. The van der Waals surface area contributed by atoms with Gasteiger partial charge >= 0.3 is 5.97 Å². The number of fused-ring (bicyclic) bond motifs is 1. The lowest BCUT2D eigenvalue weighted by atomic mass is 10.1. The summed E-state index contributed by atoms with van der Waals surface area (Å²) in [5.41, 5.74) is 2.69. The van der Waals surface area contributed by atoms with Gasteiger partial charge in [-0.3, -0.25) is 14.6 Å². The van der Waals surface area contributed by atoms with Gasteiger partial charge < -0.3 is 19.7 Å². The molecule has 2 amide bonds. The van der Waals surface area contributed by atoms with Crippen LogP contribution < -0.4 is 15.0 Å². The molecule has 8 nitrogen and oxygen atoms in total. The van der Waals surface area contributed by atoms with Crippen LogP contribution in [0, 0.1) is 0 Å². The normalized spacial score (nSPS) is 12.5. The van der Waals surface area contributed by atoms with Crippen molar-refractivity contribution in [3.63, 3.8) is 0 Å². The number of hydrogen-bond acceptors (Lipinski definition) is 6. The number of rotatable bonds is 5. The zero-order valence-electron chi connectivity index (χ0n) is 16.7. The van der Waals surface area contributed by atoms with Crippen LogP contribution in [0.3, 0.4) is 0 Å². The molecule has 0 unspecified atom stereocenters. The molecule has 0 saturated carbocycles. The first-order valence-electron chi connectivity index (χ1n) is 9.51. The van der Waals surface area contributed by atoms with Gasteiger partial charge in [-0.1, -0.05) is 12.1 Å². The lowest BCUT2D eigenvalue weighted by Gasteiger charge is -2.30. The molecule has 156 valence electrons. The number of carbonyl (C=O) groups excluding carboxylic acids is 3. The van der Waals surface area contributed by atoms with Crippen LogP contribution in [0.2, 0.25) is 0 Å². The summed E-state index contributed by atoms with van der Waals surface area (Å²) in [5.74, 6) is -0.432. The first-order valence-corrected chi connectivity index (χ1v) is 9.51. The highest BCUT2D eigenvalue weighted by Crippen LogP contribution is 2.35. The minimum absolute atomic E-state index is 0.0909. The van der Waals surface area contributed by atoms with E-state index in [1.54, 1.807) is 65.8 Å². The average molecular weight is 417 g/mol. The fourth-order valence-corrected chi connectivity index (χ4v) is 3.26. The molecular formula is C23H19N3O5. The Kier molecular flexibility index (Phi) is 5.61. The number of esters is 1. The van der Waals surface area contributed by atoms with E-state index < -0.39 is 5.97 Å². The number of carbonyl (C=O) groups is 3. The number of pyridine rings is 1. The number of aromatic nitrogens is 1. The lowest BCUT2D eigenvalue weighted by Crippen LogP contribution is -2.38. The van der Waals surface area contributed by atoms with Crippen molar-refractivity contribution in [1.29, 1.82) is 0 Å². The predicted octanol–water partition coefficient (Wildman–Crippen LogP) is 3.05. The molecule has 2 heterocycles. The van der Waals surface area contributed by atoms with Crippen molar-refractivity contribution >= 4 is 29.2 Å². The van der Waals surface area contributed by atoms with Crippen LogP contribution in [0.1, 0.15) is 26.3 Å². The molecule has 1 aliphatic rings. The fraction of sp³-hybridized carbons (Fsp3) is 0.130. The Balaban J connectivity index is 1.60. The van der Waals surface area contributed by atoms with Crippen LogP contribution >= 0.6 is 0 Å². The molecule has 0 atom stereocenters. The number of benzene rings is 2. The maximum absolute atomic E-state index is 12.6. The number of nitrogens with one attached hydrogen (secondary N) is 1. The summed E-state index contributed by atoms with van der Waals surface area (Å²) < 4.78 is 10.3. The number of methoxy groups -OCH3 is 1. The second-order valence-corrected chi connectivity index (χ2v) is 6.83. The van der Waals surface area contributed by atoms with Crippen molar-refractivity contribution < 1.29 is 23.9 Å². The van der Waals surface area contributed by atoms with Gasteiger partial charge in [0.25, 0.3) is 11.8 Å². The third kappa shape index (κ3) is 4.37. The van der Waals surface area contributed by atoms with E-state index in [2.05, 4.69) is 10.3 Å². The number of anilines is 2. The zero-order chi connectivity index (χ0) is 21.8. The van der Waals surface area contributed by atoms with Crippen LogP contribution in [0.25, 0.3) is 0 Å². The smallest absolute Gasteiger partial charge is 0.337 e. The van der Waals surface area contributed by atoms with Crippen molar-refractivity contribution in [2.75, 3.05) is 23.9 Å². The number of amides is 2. The van der Waals surface area contributed by atoms with Gasteiger partial charge in [0.2, 0.25) is 0 Å². The average Bonchev–Trinajstić information content (AvgIpc) is 2.81. The third-order valence-electron chi connectivity index (χ3n) is 4.79. The Bertz CT molecular complexity index is 1150. The van der Waals surface area contributed by atoms with Gasteiger partial charge in [0.05, 0.1) is 24.9 Å².